The molecule has 0 bridgehead atoms. The standard InChI is InChI=1S/C24H25N5O4S/c25-14-23(30)20-3-6-21(27-16-20)17-29(24(31)28-10-12-34(32,33)13-11-28)22-7-4-18(5-8-22)19-2-1-9-26-15-19/h1-9,15-16H,10-14,17,25H2. The van der Waals surface area contributed by atoms with Crippen LogP contribution in [0.3, 0.4) is 0 Å². The summed E-state index contributed by atoms with van der Waals surface area (Å²) in [4.78, 5) is 36.8. The van der Waals surface area contributed by atoms with Crippen LogP contribution in [0.4, 0.5) is 10.5 Å². The third kappa shape index (κ3) is 5.46. The Kier molecular flexibility index (Phi) is 6.99. The highest BCUT2D eigenvalue weighted by atomic mass is 32.2. The summed E-state index contributed by atoms with van der Waals surface area (Å²) in [6, 6.07) is 14.3. The Balaban J connectivity index is 1.61. The Hall–Kier alpha value is -3.63. The van der Waals surface area contributed by atoms with Crippen LogP contribution in [0.1, 0.15) is 16.1 Å². The lowest BCUT2D eigenvalue weighted by Gasteiger charge is -2.33. The number of nitrogens with zero attached hydrogens (tertiary/aromatic N) is 4. The number of benzene rings is 1. The fraction of sp³-hybridized carbons (Fsp3) is 0.250. The van der Waals surface area contributed by atoms with Crippen molar-refractivity contribution in [2.45, 2.75) is 6.54 Å². The van der Waals surface area contributed by atoms with Crippen LogP contribution in [0, 0.1) is 0 Å². The fourth-order valence-corrected chi connectivity index (χ4v) is 4.88. The zero-order valence-corrected chi connectivity index (χ0v) is 19.3. The molecule has 0 saturated carbocycles. The third-order valence-electron chi connectivity index (χ3n) is 5.67. The van der Waals surface area contributed by atoms with Gasteiger partial charge in [-0.05, 0) is 41.5 Å². The van der Waals surface area contributed by atoms with Gasteiger partial charge >= 0.3 is 6.03 Å². The monoisotopic (exact) mass is 479 g/mol. The molecule has 34 heavy (non-hydrogen) atoms. The zero-order chi connectivity index (χ0) is 24.1. The van der Waals surface area contributed by atoms with Crippen LogP contribution < -0.4 is 10.6 Å². The summed E-state index contributed by atoms with van der Waals surface area (Å²) in [6.45, 7) is 0.337. The fourth-order valence-electron chi connectivity index (χ4n) is 3.67. The van der Waals surface area contributed by atoms with Crippen LogP contribution in [0.15, 0.2) is 67.1 Å². The van der Waals surface area contributed by atoms with E-state index in [9.17, 15) is 18.0 Å². The van der Waals surface area contributed by atoms with Gasteiger partial charge in [-0.1, -0.05) is 18.2 Å². The molecule has 0 atom stereocenters. The Bertz CT molecular complexity index is 1250. The molecule has 1 aliphatic heterocycles. The zero-order valence-electron chi connectivity index (χ0n) is 18.5. The van der Waals surface area contributed by atoms with E-state index in [2.05, 4.69) is 9.97 Å². The van der Waals surface area contributed by atoms with Gasteiger partial charge < -0.3 is 10.6 Å². The molecule has 1 aromatic carbocycles. The molecule has 2 amide bonds. The van der Waals surface area contributed by atoms with E-state index in [0.29, 0.717) is 16.9 Å². The number of nitrogens with two attached hydrogens (primary N) is 1. The first-order valence-corrected chi connectivity index (χ1v) is 12.6. The molecule has 0 unspecified atom stereocenters. The Morgan fingerprint density at radius 1 is 0.971 bits per heavy atom. The van der Waals surface area contributed by atoms with E-state index in [4.69, 9.17) is 5.73 Å². The van der Waals surface area contributed by atoms with Crippen molar-refractivity contribution >= 4 is 27.3 Å². The molecule has 0 aliphatic carbocycles. The predicted molar refractivity (Wildman–Crippen MR) is 129 cm³/mol. The molecular formula is C24H25N5O4S. The second-order valence-corrected chi connectivity index (χ2v) is 10.3. The Labute approximate surface area is 198 Å². The number of carbonyl (C=O) groups excluding carboxylic acids is 2. The minimum Gasteiger partial charge on any atom is -0.324 e. The van der Waals surface area contributed by atoms with Gasteiger partial charge in [-0.25, -0.2) is 13.2 Å². The van der Waals surface area contributed by atoms with Gasteiger partial charge in [0.05, 0.1) is 30.3 Å². The number of ketones is 1. The lowest BCUT2D eigenvalue weighted by Crippen LogP contribution is -2.49. The van der Waals surface area contributed by atoms with E-state index in [0.717, 1.165) is 11.1 Å². The number of hydrogen-bond donors (Lipinski definition) is 1. The molecule has 0 radical (unpaired) electrons. The lowest BCUT2D eigenvalue weighted by molar-refractivity contribution is 0.100. The first-order chi connectivity index (χ1) is 16.4. The van der Waals surface area contributed by atoms with Gasteiger partial charge in [0.15, 0.2) is 15.6 Å². The van der Waals surface area contributed by atoms with Gasteiger partial charge in [0, 0.05) is 42.9 Å². The summed E-state index contributed by atoms with van der Waals surface area (Å²) in [5.41, 5.74) is 8.96. The average molecular weight is 480 g/mol. The molecule has 2 aromatic heterocycles. The molecular weight excluding hydrogens is 454 g/mol. The molecule has 176 valence electrons. The van der Waals surface area contributed by atoms with Crippen molar-refractivity contribution in [2.75, 3.05) is 36.0 Å². The Morgan fingerprint density at radius 2 is 1.71 bits per heavy atom. The summed E-state index contributed by atoms with van der Waals surface area (Å²) in [7, 11) is -3.12. The topological polar surface area (TPSA) is 127 Å². The molecule has 2 N–H and O–H groups in total. The molecule has 3 heterocycles. The maximum absolute atomic E-state index is 13.4. The highest BCUT2D eigenvalue weighted by Gasteiger charge is 2.29. The maximum atomic E-state index is 13.4. The van der Waals surface area contributed by atoms with Gasteiger partial charge in [0.2, 0.25) is 0 Å². The number of anilines is 1. The van der Waals surface area contributed by atoms with Gasteiger partial charge in [0.25, 0.3) is 0 Å². The van der Waals surface area contributed by atoms with Crippen molar-refractivity contribution in [1.82, 2.24) is 14.9 Å². The van der Waals surface area contributed by atoms with Crippen molar-refractivity contribution in [1.29, 1.82) is 0 Å². The van der Waals surface area contributed by atoms with Crippen LogP contribution in [-0.4, -0.2) is 66.2 Å². The number of hydrogen-bond acceptors (Lipinski definition) is 7. The van der Waals surface area contributed by atoms with Crippen LogP contribution in [0.2, 0.25) is 0 Å². The van der Waals surface area contributed by atoms with E-state index in [1.165, 1.54) is 6.20 Å². The average Bonchev–Trinajstić information content (AvgIpc) is 2.87. The van der Waals surface area contributed by atoms with Gasteiger partial charge in [0.1, 0.15) is 0 Å². The molecule has 4 rings (SSSR count). The van der Waals surface area contributed by atoms with E-state index < -0.39 is 9.84 Å². The molecule has 1 aliphatic rings. The SMILES string of the molecule is NCC(=O)c1ccc(CN(C(=O)N2CCS(=O)(=O)CC2)c2ccc(-c3cccnc3)cc2)nc1. The minimum absolute atomic E-state index is 0.0549. The second kappa shape index (κ2) is 10.1. The van der Waals surface area contributed by atoms with E-state index in [1.54, 1.807) is 34.3 Å². The van der Waals surface area contributed by atoms with E-state index >= 15 is 0 Å². The molecule has 3 aromatic rings. The molecule has 9 nitrogen and oxygen atoms in total. The number of urea groups is 1. The van der Waals surface area contributed by atoms with Crippen LogP contribution in [-0.2, 0) is 16.4 Å². The van der Waals surface area contributed by atoms with Crippen LogP contribution in [0.5, 0.6) is 0 Å². The highest BCUT2D eigenvalue weighted by Crippen LogP contribution is 2.25. The molecule has 1 fully saturated rings. The molecule has 1 saturated heterocycles. The van der Waals surface area contributed by atoms with Crippen molar-refractivity contribution in [3.8, 4) is 11.1 Å². The molecule has 0 spiro atoms. The largest absolute Gasteiger partial charge is 0.324 e. The van der Waals surface area contributed by atoms with Crippen molar-refractivity contribution < 1.29 is 18.0 Å². The summed E-state index contributed by atoms with van der Waals surface area (Å²) in [5, 5.41) is 0. The first-order valence-electron chi connectivity index (χ1n) is 10.8. The third-order valence-corrected chi connectivity index (χ3v) is 7.28. The number of sulfone groups is 1. The quantitative estimate of drug-likeness (QED) is 0.537. The van der Waals surface area contributed by atoms with Crippen molar-refractivity contribution in [3.63, 3.8) is 0 Å². The summed E-state index contributed by atoms with van der Waals surface area (Å²) in [5.74, 6) is -0.325. The summed E-state index contributed by atoms with van der Waals surface area (Å²) >= 11 is 0. The number of pyridine rings is 2. The second-order valence-electron chi connectivity index (χ2n) is 7.96. The number of amides is 2. The van der Waals surface area contributed by atoms with Gasteiger partial charge in [-0.2, -0.15) is 0 Å². The van der Waals surface area contributed by atoms with E-state index in [1.807, 2.05) is 36.4 Å². The van der Waals surface area contributed by atoms with Gasteiger partial charge in [-0.3, -0.25) is 19.7 Å². The van der Waals surface area contributed by atoms with Crippen molar-refractivity contribution in [3.05, 3.63) is 78.4 Å². The van der Waals surface area contributed by atoms with Crippen LogP contribution in [0.25, 0.3) is 11.1 Å². The maximum Gasteiger partial charge on any atom is 0.324 e. The Morgan fingerprint density at radius 3 is 2.29 bits per heavy atom. The molecule has 10 heteroatoms. The predicted octanol–water partition coefficient (Wildman–Crippen LogP) is 2.14. The summed E-state index contributed by atoms with van der Waals surface area (Å²) in [6.07, 6.45) is 4.92. The van der Waals surface area contributed by atoms with Crippen LogP contribution >= 0.6 is 0 Å². The minimum atomic E-state index is -3.12. The highest BCUT2D eigenvalue weighted by molar-refractivity contribution is 7.91. The first kappa shape index (κ1) is 23.5. The number of carbonyl (C=O) groups is 2. The smallest absolute Gasteiger partial charge is 0.324 e. The number of aromatic nitrogens is 2. The lowest BCUT2D eigenvalue weighted by atomic mass is 10.1. The van der Waals surface area contributed by atoms with E-state index in [-0.39, 0.29) is 49.5 Å². The number of Topliss-reactive ketones (excluding diaryl/α,β-unsaturated/α-hetero) is 1. The van der Waals surface area contributed by atoms with Gasteiger partial charge in [-0.15, -0.1) is 0 Å². The number of rotatable bonds is 6. The normalized spacial score (nSPS) is 15.0. The summed E-state index contributed by atoms with van der Waals surface area (Å²) < 4.78 is 23.7. The van der Waals surface area contributed by atoms with Crippen molar-refractivity contribution in [2.24, 2.45) is 5.73 Å².